The molecule has 0 atom stereocenters. The summed E-state index contributed by atoms with van der Waals surface area (Å²) in [5.41, 5.74) is 2.05. The average molecular weight is 301 g/mol. The molecule has 0 radical (unpaired) electrons. The van der Waals surface area contributed by atoms with Crippen LogP contribution in [0.5, 0.6) is 5.75 Å². The fourth-order valence-electron chi connectivity index (χ4n) is 3.20. The first-order valence-electron chi connectivity index (χ1n) is 8.12. The molecule has 1 saturated carbocycles. The molecule has 0 spiro atoms. The van der Waals surface area contributed by atoms with E-state index in [2.05, 4.69) is 10.3 Å². The van der Waals surface area contributed by atoms with E-state index in [1.54, 1.807) is 0 Å². The summed E-state index contributed by atoms with van der Waals surface area (Å²) in [6.45, 7) is 4.39. The van der Waals surface area contributed by atoms with Gasteiger partial charge in [-0.1, -0.05) is 19.3 Å². The summed E-state index contributed by atoms with van der Waals surface area (Å²) in [5.74, 6) is 0.676. The van der Waals surface area contributed by atoms with Gasteiger partial charge in [0, 0.05) is 12.2 Å². The Morgan fingerprint density at radius 3 is 2.91 bits per heavy atom. The van der Waals surface area contributed by atoms with Gasteiger partial charge >= 0.3 is 0 Å². The number of carbonyl (C=O) groups is 1. The fraction of sp³-hybridized carbons (Fsp3) is 0.529. The molecule has 2 heterocycles. The van der Waals surface area contributed by atoms with Gasteiger partial charge in [-0.25, -0.2) is 4.98 Å². The minimum Gasteiger partial charge on any atom is -0.490 e. The van der Waals surface area contributed by atoms with E-state index in [9.17, 15) is 4.79 Å². The molecule has 1 amide bonds. The minimum absolute atomic E-state index is 0.0365. The van der Waals surface area contributed by atoms with Gasteiger partial charge in [0.15, 0.2) is 11.4 Å². The molecule has 0 aromatic carbocycles. The molecule has 5 heteroatoms. The van der Waals surface area contributed by atoms with Crippen molar-refractivity contribution < 1.29 is 9.53 Å². The zero-order chi connectivity index (χ0) is 15.5. The number of nitrogens with one attached hydrogen (secondary N) is 1. The van der Waals surface area contributed by atoms with Gasteiger partial charge in [0.25, 0.3) is 5.91 Å². The molecule has 0 unspecified atom stereocenters. The van der Waals surface area contributed by atoms with Gasteiger partial charge in [0.05, 0.1) is 12.3 Å². The van der Waals surface area contributed by atoms with E-state index in [0.717, 1.165) is 18.5 Å². The Morgan fingerprint density at radius 2 is 2.18 bits per heavy atom. The van der Waals surface area contributed by atoms with Gasteiger partial charge in [-0.05, 0) is 38.8 Å². The predicted molar refractivity (Wildman–Crippen MR) is 85.4 cm³/mol. The van der Waals surface area contributed by atoms with E-state index in [1.807, 2.05) is 36.6 Å². The van der Waals surface area contributed by atoms with Crippen LogP contribution in [-0.2, 0) is 0 Å². The van der Waals surface area contributed by atoms with Crippen molar-refractivity contribution in [2.75, 3.05) is 6.61 Å². The second-order valence-electron chi connectivity index (χ2n) is 5.85. The fourth-order valence-corrected chi connectivity index (χ4v) is 3.20. The number of carbonyl (C=O) groups excluding carboxylic acids is 1. The molecule has 1 N–H and O–H groups in total. The Balaban J connectivity index is 1.90. The lowest BCUT2D eigenvalue weighted by Gasteiger charge is -2.22. The van der Waals surface area contributed by atoms with E-state index in [0.29, 0.717) is 29.7 Å². The maximum absolute atomic E-state index is 12.7. The summed E-state index contributed by atoms with van der Waals surface area (Å²) in [6, 6.07) is 4.06. The highest BCUT2D eigenvalue weighted by atomic mass is 16.5. The van der Waals surface area contributed by atoms with Gasteiger partial charge in [0.2, 0.25) is 0 Å². The molecule has 22 heavy (non-hydrogen) atoms. The van der Waals surface area contributed by atoms with Crippen LogP contribution in [0.4, 0.5) is 0 Å². The summed E-state index contributed by atoms with van der Waals surface area (Å²) in [4.78, 5) is 17.2. The third-order valence-electron chi connectivity index (χ3n) is 4.24. The molecule has 1 aliphatic carbocycles. The Labute approximate surface area is 130 Å². The summed E-state index contributed by atoms with van der Waals surface area (Å²) < 4.78 is 7.43. The van der Waals surface area contributed by atoms with Crippen LogP contribution in [0, 0.1) is 6.92 Å². The zero-order valence-electron chi connectivity index (χ0n) is 13.3. The van der Waals surface area contributed by atoms with Crippen molar-refractivity contribution in [2.24, 2.45) is 0 Å². The van der Waals surface area contributed by atoms with Crippen molar-refractivity contribution >= 4 is 11.6 Å². The van der Waals surface area contributed by atoms with Crippen LogP contribution in [-0.4, -0.2) is 27.9 Å². The molecule has 118 valence electrons. The number of ether oxygens (including phenoxy) is 1. The van der Waals surface area contributed by atoms with E-state index in [4.69, 9.17) is 4.74 Å². The number of hydrogen-bond donors (Lipinski definition) is 1. The van der Waals surface area contributed by atoms with Crippen LogP contribution in [0.2, 0.25) is 0 Å². The van der Waals surface area contributed by atoms with Crippen LogP contribution in [0.1, 0.15) is 55.2 Å². The SMILES string of the molecule is CCOc1cccn2c(C(=O)NC3CCCCC3)c(C)nc12. The second-order valence-corrected chi connectivity index (χ2v) is 5.85. The van der Waals surface area contributed by atoms with Gasteiger partial charge in [-0.2, -0.15) is 0 Å². The predicted octanol–water partition coefficient (Wildman–Crippen LogP) is 3.10. The third kappa shape index (κ3) is 2.80. The Kier molecular flexibility index (Phi) is 4.32. The van der Waals surface area contributed by atoms with Gasteiger partial charge < -0.3 is 10.1 Å². The number of amides is 1. The van der Waals surface area contributed by atoms with E-state index in [-0.39, 0.29) is 5.91 Å². The quantitative estimate of drug-likeness (QED) is 0.944. The second kappa shape index (κ2) is 6.38. The van der Waals surface area contributed by atoms with E-state index in [1.165, 1.54) is 19.3 Å². The molecule has 0 aliphatic heterocycles. The normalized spacial score (nSPS) is 15.9. The van der Waals surface area contributed by atoms with Crippen LogP contribution >= 0.6 is 0 Å². The Bertz CT molecular complexity index is 672. The van der Waals surface area contributed by atoms with E-state index < -0.39 is 0 Å². The summed E-state index contributed by atoms with van der Waals surface area (Å²) in [6.07, 6.45) is 7.70. The number of aryl methyl sites for hydroxylation is 1. The molecule has 3 rings (SSSR count). The first-order valence-corrected chi connectivity index (χ1v) is 8.12. The molecule has 1 fully saturated rings. The molecule has 0 bridgehead atoms. The van der Waals surface area contributed by atoms with Crippen LogP contribution < -0.4 is 10.1 Å². The highest BCUT2D eigenvalue weighted by molar-refractivity contribution is 5.95. The number of nitrogens with zero attached hydrogens (tertiary/aromatic N) is 2. The van der Waals surface area contributed by atoms with Gasteiger partial charge in [-0.15, -0.1) is 0 Å². The standard InChI is InChI=1S/C17H23N3O2/c1-3-22-14-10-7-11-20-15(12(2)18-16(14)20)17(21)19-13-8-5-4-6-9-13/h7,10-11,13H,3-6,8-9H2,1-2H3,(H,19,21). The maximum Gasteiger partial charge on any atom is 0.270 e. The molecule has 2 aromatic heterocycles. The monoisotopic (exact) mass is 301 g/mol. The smallest absolute Gasteiger partial charge is 0.270 e. The topological polar surface area (TPSA) is 55.6 Å². The van der Waals surface area contributed by atoms with Crippen molar-refractivity contribution in [1.82, 2.24) is 14.7 Å². The third-order valence-corrected chi connectivity index (χ3v) is 4.24. The molecule has 0 saturated heterocycles. The number of rotatable bonds is 4. The largest absolute Gasteiger partial charge is 0.490 e. The summed E-state index contributed by atoms with van der Waals surface area (Å²) in [5, 5.41) is 3.17. The number of hydrogen-bond acceptors (Lipinski definition) is 3. The lowest BCUT2D eigenvalue weighted by atomic mass is 9.95. The molecule has 2 aromatic rings. The van der Waals surface area contributed by atoms with Crippen LogP contribution in [0.15, 0.2) is 18.3 Å². The Morgan fingerprint density at radius 1 is 1.41 bits per heavy atom. The highest BCUT2D eigenvalue weighted by Gasteiger charge is 2.22. The van der Waals surface area contributed by atoms with Crippen LogP contribution in [0.25, 0.3) is 5.65 Å². The van der Waals surface area contributed by atoms with Crippen molar-refractivity contribution in [3.8, 4) is 5.75 Å². The van der Waals surface area contributed by atoms with Crippen molar-refractivity contribution in [2.45, 2.75) is 52.0 Å². The summed E-state index contributed by atoms with van der Waals surface area (Å²) in [7, 11) is 0. The van der Waals surface area contributed by atoms with Crippen molar-refractivity contribution in [3.05, 3.63) is 29.7 Å². The maximum atomic E-state index is 12.7. The van der Waals surface area contributed by atoms with Crippen LogP contribution in [0.3, 0.4) is 0 Å². The number of aromatic nitrogens is 2. The van der Waals surface area contributed by atoms with Gasteiger partial charge in [-0.3, -0.25) is 9.20 Å². The van der Waals surface area contributed by atoms with Crippen molar-refractivity contribution in [1.29, 1.82) is 0 Å². The van der Waals surface area contributed by atoms with E-state index >= 15 is 0 Å². The molecular weight excluding hydrogens is 278 g/mol. The minimum atomic E-state index is -0.0365. The highest BCUT2D eigenvalue weighted by Crippen LogP contribution is 2.23. The average Bonchev–Trinajstić information content (AvgIpc) is 2.86. The number of fused-ring (bicyclic) bond motifs is 1. The molecule has 1 aliphatic rings. The summed E-state index contributed by atoms with van der Waals surface area (Å²) >= 11 is 0. The first-order chi connectivity index (χ1) is 10.7. The van der Waals surface area contributed by atoms with Gasteiger partial charge in [0.1, 0.15) is 5.69 Å². The first kappa shape index (κ1) is 14.9. The molecular formula is C17H23N3O2. The lowest BCUT2D eigenvalue weighted by Crippen LogP contribution is -2.37. The zero-order valence-corrected chi connectivity index (χ0v) is 13.3. The number of pyridine rings is 1. The van der Waals surface area contributed by atoms with Crippen molar-refractivity contribution in [3.63, 3.8) is 0 Å². The number of imidazole rings is 1. The molecule has 5 nitrogen and oxygen atoms in total. The Hall–Kier alpha value is -2.04. The lowest BCUT2D eigenvalue weighted by molar-refractivity contribution is 0.0921.